The molecule has 0 aliphatic carbocycles. The number of Topliss-reactive ketones (excluding diaryl/α,β-unsaturated/α-hetero) is 1. The molecule has 12 heteroatoms. The molecule has 0 unspecified atom stereocenters. The molecule has 0 atom stereocenters. The Bertz CT molecular complexity index is 1570. The van der Waals surface area contributed by atoms with E-state index >= 15 is 0 Å². The molecular weight excluding hydrogens is 582 g/mol. The summed E-state index contributed by atoms with van der Waals surface area (Å²) in [7, 11) is 1.75. The van der Waals surface area contributed by atoms with Gasteiger partial charge in [-0.3, -0.25) is 9.59 Å². The van der Waals surface area contributed by atoms with Crippen LogP contribution in [0.1, 0.15) is 31.5 Å². The van der Waals surface area contributed by atoms with Crippen molar-refractivity contribution in [3.8, 4) is 0 Å². The Balaban J connectivity index is 1.19. The average Bonchev–Trinajstić information content (AvgIpc) is 3.44. The summed E-state index contributed by atoms with van der Waals surface area (Å²) in [6.07, 6.45) is -3.52. The largest absolute Gasteiger partial charge is 0.434 e. The number of aromatic nitrogens is 2. The van der Waals surface area contributed by atoms with E-state index in [4.69, 9.17) is 0 Å². The molecule has 7 nitrogen and oxygen atoms in total. The maximum Gasteiger partial charge on any atom is 0.434 e. The first kappa shape index (κ1) is 30.1. The third kappa shape index (κ3) is 7.37. The third-order valence-corrected chi connectivity index (χ3v) is 8.27. The molecule has 1 saturated heterocycles. The molecule has 224 valence electrons. The van der Waals surface area contributed by atoms with Crippen LogP contribution in [0.5, 0.6) is 0 Å². The van der Waals surface area contributed by atoms with Gasteiger partial charge >= 0.3 is 6.18 Å². The maximum absolute atomic E-state index is 13.9. The van der Waals surface area contributed by atoms with Crippen LogP contribution in [-0.2, 0) is 30.4 Å². The van der Waals surface area contributed by atoms with Gasteiger partial charge in [0.25, 0.3) is 0 Å². The molecule has 2 aromatic heterocycles. The van der Waals surface area contributed by atoms with Crippen LogP contribution in [0.4, 0.5) is 29.1 Å². The van der Waals surface area contributed by atoms with Gasteiger partial charge in [0.05, 0.1) is 13.0 Å². The van der Waals surface area contributed by atoms with Gasteiger partial charge in [0.2, 0.25) is 5.91 Å². The lowest BCUT2D eigenvalue weighted by atomic mass is 10.1. The number of carbonyl (C=O) groups is 2. The Hall–Kier alpha value is -4.32. The molecule has 0 saturated carbocycles. The number of carbonyl (C=O) groups excluding carboxylic acids is 2. The molecule has 2 aromatic carbocycles. The molecular formula is C31H29F4N5O2S. The number of alkyl halides is 3. The smallest absolute Gasteiger partial charge is 0.368 e. The second-order valence-electron chi connectivity index (χ2n) is 10.2. The number of para-hydroxylation sites is 1. The van der Waals surface area contributed by atoms with E-state index in [1.807, 2.05) is 35.2 Å². The van der Waals surface area contributed by atoms with Crippen molar-refractivity contribution in [2.75, 3.05) is 43.0 Å². The van der Waals surface area contributed by atoms with Gasteiger partial charge in [-0.15, -0.1) is 11.3 Å². The summed E-state index contributed by atoms with van der Waals surface area (Å²) in [5.41, 5.74) is 0.502. The Morgan fingerprint density at radius 1 is 0.930 bits per heavy atom. The van der Waals surface area contributed by atoms with Crippen molar-refractivity contribution in [2.24, 2.45) is 0 Å². The van der Waals surface area contributed by atoms with Crippen molar-refractivity contribution in [1.82, 2.24) is 14.9 Å². The van der Waals surface area contributed by atoms with E-state index in [1.54, 1.807) is 47.2 Å². The second kappa shape index (κ2) is 12.9. The van der Waals surface area contributed by atoms with Crippen LogP contribution < -0.4 is 9.80 Å². The van der Waals surface area contributed by atoms with Crippen LogP contribution in [0.3, 0.4) is 0 Å². The highest BCUT2D eigenvalue weighted by atomic mass is 32.1. The molecule has 1 aliphatic rings. The zero-order valence-corrected chi connectivity index (χ0v) is 24.2. The highest BCUT2D eigenvalue weighted by Gasteiger charge is 2.39. The number of benzene rings is 2. The van der Waals surface area contributed by atoms with Gasteiger partial charge in [0.15, 0.2) is 11.5 Å². The van der Waals surface area contributed by atoms with Gasteiger partial charge in [-0.05, 0) is 35.4 Å². The summed E-state index contributed by atoms with van der Waals surface area (Å²) in [5.74, 6) is -0.589. The lowest BCUT2D eigenvalue weighted by Crippen LogP contribution is -2.49. The first-order valence-corrected chi connectivity index (χ1v) is 14.5. The number of amides is 1. The SMILES string of the molecule is CN(Cc1nc(C(F)(F)F)c(C(=O)Cc2ccc(N3CCN(C(=O)Cc4ccccc4F)CC3)nc2)s1)c1ccccc1. The predicted octanol–water partition coefficient (Wildman–Crippen LogP) is 5.65. The van der Waals surface area contributed by atoms with Crippen molar-refractivity contribution in [3.05, 3.63) is 105 Å². The van der Waals surface area contributed by atoms with Gasteiger partial charge in [-0.1, -0.05) is 42.5 Å². The Morgan fingerprint density at radius 3 is 2.28 bits per heavy atom. The van der Waals surface area contributed by atoms with Crippen LogP contribution in [0.15, 0.2) is 72.9 Å². The molecule has 1 fully saturated rings. The van der Waals surface area contributed by atoms with Gasteiger partial charge in [0, 0.05) is 51.5 Å². The van der Waals surface area contributed by atoms with Crippen molar-refractivity contribution in [3.63, 3.8) is 0 Å². The number of hydrogen-bond donors (Lipinski definition) is 0. The van der Waals surface area contributed by atoms with E-state index in [0.29, 0.717) is 43.1 Å². The van der Waals surface area contributed by atoms with Crippen LogP contribution in [-0.4, -0.2) is 59.8 Å². The van der Waals surface area contributed by atoms with Gasteiger partial charge in [-0.2, -0.15) is 13.2 Å². The fourth-order valence-electron chi connectivity index (χ4n) is 4.87. The lowest BCUT2D eigenvalue weighted by molar-refractivity contribution is -0.141. The van der Waals surface area contributed by atoms with Crippen molar-refractivity contribution < 1.29 is 27.2 Å². The number of thiazole rings is 1. The Kier molecular flexibility index (Phi) is 9.05. The third-order valence-electron chi connectivity index (χ3n) is 7.19. The van der Waals surface area contributed by atoms with Gasteiger partial charge in [0.1, 0.15) is 21.5 Å². The van der Waals surface area contributed by atoms with Crippen LogP contribution in [0.25, 0.3) is 0 Å². The molecule has 1 amide bonds. The molecule has 0 N–H and O–H groups in total. The maximum atomic E-state index is 13.9. The zero-order valence-electron chi connectivity index (χ0n) is 23.4. The predicted molar refractivity (Wildman–Crippen MR) is 157 cm³/mol. The van der Waals surface area contributed by atoms with Crippen molar-refractivity contribution in [2.45, 2.75) is 25.6 Å². The summed E-state index contributed by atoms with van der Waals surface area (Å²) in [6.45, 7) is 2.06. The number of halogens is 4. The molecule has 0 spiro atoms. The fourth-order valence-corrected chi connectivity index (χ4v) is 5.94. The molecule has 4 aromatic rings. The number of rotatable bonds is 9. The Morgan fingerprint density at radius 2 is 1.63 bits per heavy atom. The Labute approximate surface area is 250 Å². The second-order valence-corrected chi connectivity index (χ2v) is 11.3. The highest BCUT2D eigenvalue weighted by molar-refractivity contribution is 7.13. The number of piperazine rings is 1. The van der Waals surface area contributed by atoms with Gasteiger partial charge < -0.3 is 14.7 Å². The van der Waals surface area contributed by atoms with E-state index < -0.39 is 28.3 Å². The van der Waals surface area contributed by atoms with Crippen LogP contribution >= 0.6 is 11.3 Å². The number of anilines is 2. The normalized spacial score (nSPS) is 13.7. The number of ketones is 1. The first-order valence-electron chi connectivity index (χ1n) is 13.7. The van der Waals surface area contributed by atoms with Crippen molar-refractivity contribution in [1.29, 1.82) is 0 Å². The summed E-state index contributed by atoms with van der Waals surface area (Å²) in [6, 6.07) is 18.8. The highest BCUT2D eigenvalue weighted by Crippen LogP contribution is 2.36. The minimum Gasteiger partial charge on any atom is -0.368 e. The molecule has 43 heavy (non-hydrogen) atoms. The van der Waals surface area contributed by atoms with Crippen LogP contribution in [0, 0.1) is 5.82 Å². The molecule has 3 heterocycles. The van der Waals surface area contributed by atoms with Gasteiger partial charge in [-0.25, -0.2) is 14.4 Å². The van der Waals surface area contributed by atoms with E-state index in [-0.39, 0.29) is 30.3 Å². The number of hydrogen-bond acceptors (Lipinski definition) is 7. The van der Waals surface area contributed by atoms with E-state index in [0.717, 1.165) is 17.0 Å². The minimum absolute atomic E-state index is 0.00528. The summed E-state index contributed by atoms with van der Waals surface area (Å²) in [5, 5.41) is 0.196. The molecule has 1 aliphatic heterocycles. The number of pyridine rings is 1. The van der Waals surface area contributed by atoms with E-state index in [2.05, 4.69) is 9.97 Å². The molecule has 5 rings (SSSR count). The van der Waals surface area contributed by atoms with Crippen molar-refractivity contribution >= 4 is 34.5 Å². The average molecular weight is 612 g/mol. The number of nitrogens with zero attached hydrogens (tertiary/aromatic N) is 5. The summed E-state index contributed by atoms with van der Waals surface area (Å²) < 4.78 is 55.3. The molecule has 0 bridgehead atoms. The molecule has 0 radical (unpaired) electrons. The minimum atomic E-state index is -4.76. The monoisotopic (exact) mass is 611 g/mol. The van der Waals surface area contributed by atoms with E-state index in [9.17, 15) is 27.2 Å². The fraction of sp³-hybridized carbons (Fsp3) is 0.290. The summed E-state index contributed by atoms with van der Waals surface area (Å²) >= 11 is 0.762. The van der Waals surface area contributed by atoms with Crippen LogP contribution in [0.2, 0.25) is 0 Å². The standard InChI is InChI=1S/C31H29F4N5O2S/c1-38(23-8-3-2-4-9-23)20-27-37-30(31(33,34)35)29(43-27)25(41)17-21-11-12-26(36-19-21)39-13-15-40(16-14-39)28(42)18-22-7-5-6-10-24(22)32/h2-12,19H,13-18,20H2,1H3. The quantitative estimate of drug-likeness (QED) is 0.180. The lowest BCUT2D eigenvalue weighted by Gasteiger charge is -2.35. The summed E-state index contributed by atoms with van der Waals surface area (Å²) in [4.78, 5) is 39.0. The first-order chi connectivity index (χ1) is 20.6. The topological polar surface area (TPSA) is 69.6 Å². The zero-order chi connectivity index (χ0) is 30.6. The van der Waals surface area contributed by atoms with E-state index in [1.165, 1.54) is 12.3 Å².